The lowest BCUT2D eigenvalue weighted by molar-refractivity contribution is -0.138. The number of nitrogens with two attached hydrogens (primary N) is 1. The number of nitrogens with zero attached hydrogens (tertiary/aromatic N) is 1. The van der Waals surface area contributed by atoms with Crippen molar-refractivity contribution >= 4 is 5.91 Å². The van der Waals surface area contributed by atoms with Crippen molar-refractivity contribution < 1.29 is 4.79 Å². The van der Waals surface area contributed by atoms with E-state index in [1.54, 1.807) is 0 Å². The lowest BCUT2D eigenvalue weighted by Crippen LogP contribution is -2.52. The molecule has 0 heterocycles. The van der Waals surface area contributed by atoms with Crippen molar-refractivity contribution in [2.45, 2.75) is 45.2 Å². The van der Waals surface area contributed by atoms with Gasteiger partial charge >= 0.3 is 0 Å². The standard InChI is InChI=1S/C16H24N2O/c1-12(2)11-18(14-9-10-14)15(19)16(3,17)13-7-5-4-6-8-13/h4-8,12,14H,9-11,17H2,1-3H3. The first-order valence-corrected chi connectivity index (χ1v) is 7.08. The van der Waals surface area contributed by atoms with Gasteiger partial charge in [0.25, 0.3) is 0 Å². The van der Waals surface area contributed by atoms with Gasteiger partial charge in [-0.3, -0.25) is 4.79 Å². The fourth-order valence-corrected chi connectivity index (χ4v) is 2.38. The smallest absolute Gasteiger partial charge is 0.247 e. The van der Waals surface area contributed by atoms with Crippen LogP contribution < -0.4 is 5.73 Å². The van der Waals surface area contributed by atoms with Crippen LogP contribution in [0.4, 0.5) is 0 Å². The van der Waals surface area contributed by atoms with Crippen LogP contribution in [0.15, 0.2) is 30.3 Å². The van der Waals surface area contributed by atoms with Crippen LogP contribution in [0.25, 0.3) is 0 Å². The van der Waals surface area contributed by atoms with Gasteiger partial charge in [0.2, 0.25) is 5.91 Å². The van der Waals surface area contributed by atoms with Gasteiger partial charge in [0, 0.05) is 12.6 Å². The molecule has 3 nitrogen and oxygen atoms in total. The number of amides is 1. The largest absolute Gasteiger partial charge is 0.338 e. The Hall–Kier alpha value is -1.35. The fourth-order valence-electron chi connectivity index (χ4n) is 2.38. The van der Waals surface area contributed by atoms with Gasteiger partial charge < -0.3 is 10.6 Å². The molecule has 1 aromatic carbocycles. The molecule has 104 valence electrons. The normalized spacial score (nSPS) is 18.2. The summed E-state index contributed by atoms with van der Waals surface area (Å²) in [5.41, 5.74) is 6.28. The Morgan fingerprint density at radius 2 is 1.95 bits per heavy atom. The molecule has 1 aliphatic carbocycles. The highest BCUT2D eigenvalue weighted by Gasteiger charge is 2.40. The lowest BCUT2D eigenvalue weighted by atomic mass is 9.91. The second kappa shape index (κ2) is 5.33. The Morgan fingerprint density at radius 1 is 1.37 bits per heavy atom. The highest BCUT2D eigenvalue weighted by atomic mass is 16.2. The molecule has 3 heteroatoms. The number of hydrogen-bond donors (Lipinski definition) is 1. The van der Waals surface area contributed by atoms with Gasteiger partial charge in [-0.1, -0.05) is 44.2 Å². The Kier molecular flexibility index (Phi) is 3.95. The molecule has 0 radical (unpaired) electrons. The predicted octanol–water partition coefficient (Wildman–Crippen LogP) is 2.51. The van der Waals surface area contributed by atoms with Crippen LogP contribution in [0.2, 0.25) is 0 Å². The number of hydrogen-bond acceptors (Lipinski definition) is 2. The molecule has 0 bridgehead atoms. The lowest BCUT2D eigenvalue weighted by Gasteiger charge is -2.33. The van der Waals surface area contributed by atoms with E-state index in [1.165, 1.54) is 0 Å². The van der Waals surface area contributed by atoms with Crippen LogP contribution in [0.3, 0.4) is 0 Å². The van der Waals surface area contributed by atoms with E-state index >= 15 is 0 Å². The molecule has 1 amide bonds. The summed E-state index contributed by atoms with van der Waals surface area (Å²) in [6.45, 7) is 6.89. The zero-order valence-corrected chi connectivity index (χ0v) is 12.1. The zero-order chi connectivity index (χ0) is 14.0. The van der Waals surface area contributed by atoms with Crippen LogP contribution in [0, 0.1) is 5.92 Å². The van der Waals surface area contributed by atoms with Gasteiger partial charge in [-0.2, -0.15) is 0 Å². The summed E-state index contributed by atoms with van der Waals surface area (Å²) in [5.74, 6) is 0.519. The average Bonchev–Trinajstić information content (AvgIpc) is 3.20. The van der Waals surface area contributed by atoms with Gasteiger partial charge in [0.15, 0.2) is 0 Å². The van der Waals surface area contributed by atoms with Crippen LogP contribution in [-0.4, -0.2) is 23.4 Å². The molecule has 19 heavy (non-hydrogen) atoms. The molecule has 0 aromatic heterocycles. The summed E-state index contributed by atoms with van der Waals surface area (Å²) in [5, 5.41) is 0. The van der Waals surface area contributed by atoms with Gasteiger partial charge in [-0.15, -0.1) is 0 Å². The first-order valence-electron chi connectivity index (χ1n) is 7.08. The highest BCUT2D eigenvalue weighted by molar-refractivity contribution is 5.87. The van der Waals surface area contributed by atoms with E-state index in [2.05, 4.69) is 13.8 Å². The van der Waals surface area contributed by atoms with Gasteiger partial charge in [0.1, 0.15) is 5.54 Å². The summed E-state index contributed by atoms with van der Waals surface area (Å²) in [6.07, 6.45) is 2.23. The quantitative estimate of drug-likeness (QED) is 0.884. The Morgan fingerprint density at radius 3 is 2.42 bits per heavy atom. The van der Waals surface area contributed by atoms with Crippen molar-refractivity contribution in [1.29, 1.82) is 0 Å². The summed E-state index contributed by atoms with van der Waals surface area (Å²) < 4.78 is 0. The number of carbonyl (C=O) groups excluding carboxylic acids is 1. The van der Waals surface area contributed by atoms with Crippen molar-refractivity contribution in [2.24, 2.45) is 11.7 Å². The SMILES string of the molecule is CC(C)CN(C(=O)C(C)(N)c1ccccc1)C1CC1. The first-order chi connectivity index (χ1) is 8.93. The minimum atomic E-state index is -0.932. The van der Waals surface area contributed by atoms with Crippen LogP contribution in [-0.2, 0) is 10.3 Å². The number of rotatable bonds is 5. The molecule has 0 aliphatic heterocycles. The maximum absolute atomic E-state index is 12.8. The molecule has 1 saturated carbocycles. The van der Waals surface area contributed by atoms with Crippen molar-refractivity contribution in [3.05, 3.63) is 35.9 Å². The third-order valence-electron chi connectivity index (χ3n) is 3.63. The number of carbonyl (C=O) groups is 1. The van der Waals surface area contributed by atoms with Crippen molar-refractivity contribution in [1.82, 2.24) is 4.90 Å². The molecule has 0 saturated heterocycles. The Labute approximate surface area is 115 Å². The molecule has 1 aromatic rings. The first kappa shape index (κ1) is 14.1. The molecular formula is C16H24N2O. The minimum absolute atomic E-state index is 0.0508. The van der Waals surface area contributed by atoms with Crippen molar-refractivity contribution in [3.63, 3.8) is 0 Å². The van der Waals surface area contributed by atoms with E-state index in [-0.39, 0.29) is 5.91 Å². The molecule has 1 fully saturated rings. The second-order valence-electron chi connectivity index (χ2n) is 6.15. The summed E-state index contributed by atoms with van der Waals surface area (Å²) >= 11 is 0. The van der Waals surface area contributed by atoms with E-state index in [1.807, 2.05) is 42.2 Å². The molecule has 1 aliphatic rings. The van der Waals surface area contributed by atoms with Crippen LogP contribution >= 0.6 is 0 Å². The average molecular weight is 260 g/mol. The Bertz CT molecular complexity index is 435. The molecule has 2 N–H and O–H groups in total. The predicted molar refractivity (Wildman–Crippen MR) is 77.6 cm³/mol. The highest BCUT2D eigenvalue weighted by Crippen LogP contribution is 2.31. The molecule has 2 rings (SSSR count). The van der Waals surface area contributed by atoms with E-state index in [4.69, 9.17) is 5.73 Å². The van der Waals surface area contributed by atoms with Crippen molar-refractivity contribution in [2.75, 3.05) is 6.54 Å². The summed E-state index contributed by atoms with van der Waals surface area (Å²) in [4.78, 5) is 14.8. The van der Waals surface area contributed by atoms with E-state index < -0.39 is 5.54 Å². The molecule has 0 spiro atoms. The third kappa shape index (κ3) is 3.16. The fraction of sp³-hybridized carbons (Fsp3) is 0.562. The molecule has 1 atom stereocenters. The minimum Gasteiger partial charge on any atom is -0.338 e. The van der Waals surface area contributed by atoms with Crippen LogP contribution in [0.1, 0.15) is 39.2 Å². The van der Waals surface area contributed by atoms with E-state index in [0.29, 0.717) is 12.0 Å². The van der Waals surface area contributed by atoms with E-state index in [9.17, 15) is 4.79 Å². The molecule has 1 unspecified atom stereocenters. The Balaban J connectivity index is 2.20. The maximum Gasteiger partial charge on any atom is 0.247 e. The molecular weight excluding hydrogens is 236 g/mol. The number of benzene rings is 1. The summed E-state index contributed by atoms with van der Waals surface area (Å²) in [6, 6.07) is 10.1. The topological polar surface area (TPSA) is 46.3 Å². The van der Waals surface area contributed by atoms with Gasteiger partial charge in [-0.05, 0) is 31.2 Å². The zero-order valence-electron chi connectivity index (χ0n) is 12.1. The van der Waals surface area contributed by atoms with E-state index in [0.717, 1.165) is 24.9 Å². The van der Waals surface area contributed by atoms with Crippen LogP contribution in [0.5, 0.6) is 0 Å². The monoisotopic (exact) mass is 260 g/mol. The third-order valence-corrected chi connectivity index (χ3v) is 3.63. The maximum atomic E-state index is 12.8. The van der Waals surface area contributed by atoms with Gasteiger partial charge in [0.05, 0.1) is 0 Å². The summed E-state index contributed by atoms with van der Waals surface area (Å²) in [7, 11) is 0. The second-order valence-corrected chi connectivity index (χ2v) is 6.15. The van der Waals surface area contributed by atoms with Crippen molar-refractivity contribution in [3.8, 4) is 0 Å². The van der Waals surface area contributed by atoms with Gasteiger partial charge in [-0.25, -0.2) is 0 Å².